The van der Waals surface area contributed by atoms with Gasteiger partial charge in [-0.2, -0.15) is 0 Å². The van der Waals surface area contributed by atoms with Crippen LogP contribution < -0.4 is 0 Å². The van der Waals surface area contributed by atoms with Crippen LogP contribution in [0.5, 0.6) is 0 Å². The minimum atomic E-state index is -0.855. The predicted octanol–water partition coefficient (Wildman–Crippen LogP) is 2.28. The second-order valence-corrected chi connectivity index (χ2v) is 5.07. The third kappa shape index (κ3) is 3.97. The van der Waals surface area contributed by atoms with E-state index in [4.69, 9.17) is 5.11 Å². The van der Waals surface area contributed by atoms with Gasteiger partial charge in [0.15, 0.2) is 0 Å². The number of nitrogens with zero attached hydrogens (tertiary/aromatic N) is 3. The van der Waals surface area contributed by atoms with Gasteiger partial charge in [0.05, 0.1) is 17.9 Å². The van der Waals surface area contributed by atoms with Crippen LogP contribution in [0.15, 0.2) is 42.4 Å². The molecule has 2 rings (SSSR count). The minimum Gasteiger partial charge on any atom is -0.480 e. The molecule has 0 radical (unpaired) electrons. The van der Waals surface area contributed by atoms with E-state index in [0.29, 0.717) is 13.1 Å². The van der Waals surface area contributed by atoms with Gasteiger partial charge >= 0.3 is 5.97 Å². The molecule has 0 aliphatic carbocycles. The second kappa shape index (κ2) is 6.93. The first-order valence-corrected chi connectivity index (χ1v) is 6.98. The van der Waals surface area contributed by atoms with E-state index in [-0.39, 0.29) is 6.54 Å². The van der Waals surface area contributed by atoms with Crippen LogP contribution in [0.2, 0.25) is 0 Å². The Morgan fingerprint density at radius 2 is 2.35 bits per heavy atom. The molecule has 20 heavy (non-hydrogen) atoms. The van der Waals surface area contributed by atoms with Crippen molar-refractivity contribution in [1.29, 1.82) is 0 Å². The number of thiazole rings is 1. The van der Waals surface area contributed by atoms with E-state index < -0.39 is 5.97 Å². The molecule has 0 amide bonds. The zero-order valence-electron chi connectivity index (χ0n) is 10.9. The number of carboxylic acids is 1. The Labute approximate surface area is 121 Å². The van der Waals surface area contributed by atoms with Crippen LogP contribution in [0.25, 0.3) is 10.7 Å². The minimum absolute atomic E-state index is 0.0253. The molecule has 2 aromatic heterocycles. The molecule has 0 saturated heterocycles. The van der Waals surface area contributed by atoms with Gasteiger partial charge in [-0.15, -0.1) is 17.9 Å². The quantitative estimate of drug-likeness (QED) is 0.792. The molecule has 0 aliphatic heterocycles. The van der Waals surface area contributed by atoms with E-state index in [1.54, 1.807) is 17.2 Å². The van der Waals surface area contributed by atoms with Crippen molar-refractivity contribution in [2.24, 2.45) is 0 Å². The molecule has 5 nitrogen and oxygen atoms in total. The Morgan fingerprint density at radius 3 is 3.00 bits per heavy atom. The van der Waals surface area contributed by atoms with Crippen LogP contribution in [-0.2, 0) is 11.3 Å². The van der Waals surface area contributed by atoms with Crippen molar-refractivity contribution in [1.82, 2.24) is 14.9 Å². The van der Waals surface area contributed by atoms with E-state index in [2.05, 4.69) is 16.5 Å². The normalized spacial score (nSPS) is 10.7. The van der Waals surface area contributed by atoms with E-state index in [0.717, 1.165) is 16.4 Å². The van der Waals surface area contributed by atoms with Crippen molar-refractivity contribution in [3.63, 3.8) is 0 Å². The number of hydrogen-bond acceptors (Lipinski definition) is 5. The van der Waals surface area contributed by atoms with Crippen LogP contribution in [0.3, 0.4) is 0 Å². The third-order valence-corrected chi connectivity index (χ3v) is 3.48. The summed E-state index contributed by atoms with van der Waals surface area (Å²) in [6.07, 6.45) is 3.42. The average Bonchev–Trinajstić information content (AvgIpc) is 2.88. The predicted molar refractivity (Wildman–Crippen MR) is 78.5 cm³/mol. The van der Waals surface area contributed by atoms with Crippen LogP contribution in [0.1, 0.15) is 5.69 Å². The lowest BCUT2D eigenvalue weighted by Gasteiger charge is -2.16. The molecule has 0 aromatic carbocycles. The van der Waals surface area contributed by atoms with E-state index in [1.807, 2.05) is 23.6 Å². The van der Waals surface area contributed by atoms with Crippen molar-refractivity contribution >= 4 is 17.3 Å². The van der Waals surface area contributed by atoms with Gasteiger partial charge in [0.2, 0.25) is 0 Å². The van der Waals surface area contributed by atoms with Gasteiger partial charge < -0.3 is 5.11 Å². The summed E-state index contributed by atoms with van der Waals surface area (Å²) in [6.45, 7) is 4.62. The third-order valence-electron chi connectivity index (χ3n) is 2.57. The van der Waals surface area contributed by atoms with Gasteiger partial charge in [0, 0.05) is 24.7 Å². The van der Waals surface area contributed by atoms with E-state index in [1.165, 1.54) is 11.3 Å². The monoisotopic (exact) mass is 289 g/mol. The van der Waals surface area contributed by atoms with Gasteiger partial charge in [0.1, 0.15) is 5.01 Å². The highest BCUT2D eigenvalue weighted by Crippen LogP contribution is 2.21. The SMILES string of the molecule is C=CCN(CC(=O)O)Cc1csc(-c2ccccn2)n1. The zero-order chi connectivity index (χ0) is 14.4. The highest BCUT2D eigenvalue weighted by Gasteiger charge is 2.12. The Bertz CT molecular complexity index is 583. The number of aromatic nitrogens is 2. The van der Waals surface area contributed by atoms with E-state index >= 15 is 0 Å². The Kier molecular flexibility index (Phi) is 4.97. The molecular formula is C14H15N3O2S. The Morgan fingerprint density at radius 1 is 1.50 bits per heavy atom. The topological polar surface area (TPSA) is 66.3 Å². The molecule has 104 valence electrons. The summed E-state index contributed by atoms with van der Waals surface area (Å²) in [5.41, 5.74) is 1.68. The summed E-state index contributed by atoms with van der Waals surface area (Å²) in [4.78, 5) is 21.3. The fourth-order valence-electron chi connectivity index (χ4n) is 1.77. The number of pyridine rings is 1. The maximum Gasteiger partial charge on any atom is 0.317 e. The number of rotatable bonds is 7. The van der Waals surface area contributed by atoms with Crippen LogP contribution in [0.4, 0.5) is 0 Å². The standard InChI is InChI=1S/C14H15N3O2S/c1-2-7-17(9-13(18)19)8-11-10-20-14(16-11)12-5-3-4-6-15-12/h2-6,10H,1,7-9H2,(H,18,19). The molecule has 0 atom stereocenters. The summed E-state index contributed by atoms with van der Waals surface area (Å²) in [7, 11) is 0. The zero-order valence-corrected chi connectivity index (χ0v) is 11.7. The first-order chi connectivity index (χ1) is 9.69. The fourth-order valence-corrected chi connectivity index (χ4v) is 2.56. The van der Waals surface area contributed by atoms with Gasteiger partial charge in [-0.3, -0.25) is 14.7 Å². The molecule has 2 aromatic rings. The smallest absolute Gasteiger partial charge is 0.317 e. The first-order valence-electron chi connectivity index (χ1n) is 6.10. The molecule has 2 heterocycles. The van der Waals surface area contributed by atoms with Crippen molar-refractivity contribution in [2.45, 2.75) is 6.54 Å². The Balaban J connectivity index is 2.08. The molecule has 1 N–H and O–H groups in total. The molecule has 0 spiro atoms. The summed E-state index contributed by atoms with van der Waals surface area (Å²) in [5.74, 6) is -0.855. The highest BCUT2D eigenvalue weighted by atomic mass is 32.1. The van der Waals surface area contributed by atoms with Crippen molar-refractivity contribution in [3.05, 3.63) is 48.1 Å². The summed E-state index contributed by atoms with van der Waals surface area (Å²) < 4.78 is 0. The molecule has 0 bridgehead atoms. The lowest BCUT2D eigenvalue weighted by atomic mass is 10.3. The molecule has 0 saturated carbocycles. The Hall–Kier alpha value is -2.05. The molecule has 0 fully saturated rings. The summed E-state index contributed by atoms with van der Waals surface area (Å²) in [5, 5.41) is 11.6. The van der Waals surface area contributed by atoms with Gasteiger partial charge in [-0.05, 0) is 12.1 Å². The molecular weight excluding hydrogens is 274 g/mol. The second-order valence-electron chi connectivity index (χ2n) is 4.21. The largest absolute Gasteiger partial charge is 0.480 e. The average molecular weight is 289 g/mol. The number of aliphatic carboxylic acids is 1. The molecule has 0 unspecified atom stereocenters. The van der Waals surface area contributed by atoms with Crippen molar-refractivity contribution in [3.8, 4) is 10.7 Å². The number of carbonyl (C=O) groups is 1. The van der Waals surface area contributed by atoms with Crippen LogP contribution in [-0.4, -0.2) is 39.0 Å². The fraction of sp³-hybridized carbons (Fsp3) is 0.214. The molecule has 0 aliphatic rings. The first kappa shape index (κ1) is 14.4. The van der Waals surface area contributed by atoms with Crippen LogP contribution in [0, 0.1) is 0 Å². The maximum absolute atomic E-state index is 10.8. The maximum atomic E-state index is 10.8. The van der Waals surface area contributed by atoms with Crippen LogP contribution >= 0.6 is 11.3 Å². The van der Waals surface area contributed by atoms with Crippen molar-refractivity contribution < 1.29 is 9.90 Å². The summed E-state index contributed by atoms with van der Waals surface area (Å²) in [6, 6.07) is 5.68. The van der Waals surface area contributed by atoms with E-state index in [9.17, 15) is 4.79 Å². The number of hydrogen-bond donors (Lipinski definition) is 1. The van der Waals surface area contributed by atoms with Crippen molar-refractivity contribution in [2.75, 3.05) is 13.1 Å². The van der Waals surface area contributed by atoms with Gasteiger partial charge in [-0.25, -0.2) is 4.98 Å². The van der Waals surface area contributed by atoms with Gasteiger partial charge in [-0.1, -0.05) is 12.1 Å². The lowest BCUT2D eigenvalue weighted by Crippen LogP contribution is -2.29. The summed E-state index contributed by atoms with van der Waals surface area (Å²) >= 11 is 1.51. The molecule has 6 heteroatoms. The number of carboxylic acid groups (broad SMARTS) is 1. The highest BCUT2D eigenvalue weighted by molar-refractivity contribution is 7.13. The van der Waals surface area contributed by atoms with Gasteiger partial charge in [0.25, 0.3) is 0 Å². The lowest BCUT2D eigenvalue weighted by molar-refractivity contribution is -0.138.